The van der Waals surface area contributed by atoms with Crippen LogP contribution in [0, 0.1) is 0 Å². The lowest BCUT2D eigenvalue weighted by Crippen LogP contribution is -2.14. The molecule has 4 N–H and O–H groups in total. The molecule has 5 aromatic carbocycles. The molecule has 0 radical (unpaired) electrons. The number of rotatable bonds is 10. The van der Waals surface area contributed by atoms with Gasteiger partial charge in [-0.05, 0) is 78.9 Å². The van der Waals surface area contributed by atoms with Gasteiger partial charge in [-0.25, -0.2) is 19.9 Å². The Morgan fingerprint density at radius 1 is 0.577 bits per heavy atom. The van der Waals surface area contributed by atoms with Crippen LogP contribution >= 0.6 is 46.7 Å². The van der Waals surface area contributed by atoms with E-state index in [1.54, 1.807) is 24.3 Å². The van der Waals surface area contributed by atoms with Gasteiger partial charge in [-0.2, -0.15) is 0 Å². The third-order valence-corrected chi connectivity index (χ3v) is 10.2. The lowest BCUT2D eigenvalue weighted by Gasteiger charge is -2.12. The smallest absolute Gasteiger partial charge is 0.234 e. The Balaban J connectivity index is 0.966. The first kappa shape index (κ1) is 33.7. The van der Waals surface area contributed by atoms with E-state index in [1.165, 1.54) is 23.5 Å². The maximum absolute atomic E-state index is 13.0. The third kappa shape index (κ3) is 7.60. The van der Waals surface area contributed by atoms with Gasteiger partial charge in [-0.1, -0.05) is 77.1 Å². The molecule has 8 rings (SSSR count). The molecule has 0 saturated heterocycles. The van der Waals surface area contributed by atoms with E-state index in [4.69, 9.17) is 33.2 Å². The van der Waals surface area contributed by atoms with E-state index < -0.39 is 0 Å². The van der Waals surface area contributed by atoms with Crippen molar-refractivity contribution >= 4 is 103 Å². The summed E-state index contributed by atoms with van der Waals surface area (Å²) in [6, 6.07) is 33.7. The number of nitrogens with zero attached hydrogens (tertiary/aromatic N) is 4. The molecule has 0 fully saturated rings. The zero-order chi connectivity index (χ0) is 35.6. The van der Waals surface area contributed by atoms with Crippen LogP contribution in [0.5, 0.6) is 0 Å². The number of thioether (sulfide) groups is 2. The van der Waals surface area contributed by atoms with Crippen molar-refractivity contribution < 1.29 is 9.59 Å². The van der Waals surface area contributed by atoms with Gasteiger partial charge >= 0.3 is 0 Å². The number of hydrogen-bond donors (Lipinski definition) is 4. The molecular formula is C38H26Cl2N8O2S2. The number of amides is 2. The van der Waals surface area contributed by atoms with Gasteiger partial charge in [0.25, 0.3) is 0 Å². The van der Waals surface area contributed by atoms with Crippen LogP contribution in [0.4, 0.5) is 11.4 Å². The molecule has 0 unspecified atom stereocenters. The van der Waals surface area contributed by atoms with Crippen LogP contribution in [0.25, 0.3) is 55.6 Å². The zero-order valence-electron chi connectivity index (χ0n) is 27.0. The van der Waals surface area contributed by atoms with Crippen LogP contribution in [0.3, 0.4) is 0 Å². The van der Waals surface area contributed by atoms with Crippen molar-refractivity contribution in [2.75, 3.05) is 22.1 Å². The van der Waals surface area contributed by atoms with Gasteiger partial charge in [0.1, 0.15) is 0 Å². The standard InChI is InChI=1S/C38H26Cl2N8O2S2/c39-23-8-13-29-31(16-23)46-37(44-29)51-19-33(49)41-25-10-6-22(7-11-25)36-43-28-15-12-26(18-27(28)35(48-36)21-4-2-1-3-5-21)42-34(50)20-52-38-45-30-14-9-24(40)17-32(30)47-38/h1-18H,19-20H2,(H,41,49)(H,42,50)(H,44,46)(H,45,47). The summed E-state index contributed by atoms with van der Waals surface area (Å²) in [6.07, 6.45) is 0. The third-order valence-electron chi connectivity index (χ3n) is 7.98. The molecule has 3 aromatic heterocycles. The van der Waals surface area contributed by atoms with Crippen molar-refractivity contribution in [3.63, 3.8) is 0 Å². The van der Waals surface area contributed by atoms with Crippen LogP contribution < -0.4 is 10.6 Å². The Hall–Kier alpha value is -5.40. The van der Waals surface area contributed by atoms with Crippen molar-refractivity contribution in [1.82, 2.24) is 29.9 Å². The highest BCUT2D eigenvalue weighted by atomic mass is 35.5. The quantitative estimate of drug-likeness (QED) is 0.101. The highest BCUT2D eigenvalue weighted by Gasteiger charge is 2.15. The van der Waals surface area contributed by atoms with Gasteiger partial charge in [-0.15, -0.1) is 0 Å². The first-order valence-electron chi connectivity index (χ1n) is 16.0. The SMILES string of the molecule is O=C(CSc1nc2ccc(Cl)cc2[nH]1)Nc1ccc(-c2nc(-c3ccccc3)c3cc(NC(=O)CSc4nc5ccc(Cl)cc5[nH]4)ccc3n2)cc1. The van der Waals surface area contributed by atoms with Gasteiger partial charge in [0.2, 0.25) is 11.8 Å². The first-order valence-corrected chi connectivity index (χ1v) is 18.7. The molecule has 0 aliphatic rings. The van der Waals surface area contributed by atoms with Crippen molar-refractivity contribution in [3.05, 3.63) is 119 Å². The summed E-state index contributed by atoms with van der Waals surface area (Å²) in [6.45, 7) is 0. The molecule has 0 spiro atoms. The van der Waals surface area contributed by atoms with E-state index in [0.29, 0.717) is 37.6 Å². The molecule has 0 saturated carbocycles. The van der Waals surface area contributed by atoms with E-state index in [9.17, 15) is 9.59 Å². The largest absolute Gasteiger partial charge is 0.333 e. The first-order chi connectivity index (χ1) is 25.3. The molecule has 14 heteroatoms. The maximum Gasteiger partial charge on any atom is 0.234 e. The molecule has 3 heterocycles. The van der Waals surface area contributed by atoms with Gasteiger partial charge in [0, 0.05) is 37.9 Å². The number of nitrogens with one attached hydrogen (secondary N) is 4. The number of H-pyrrole nitrogens is 2. The Morgan fingerprint density at radius 2 is 1.13 bits per heavy atom. The highest BCUT2D eigenvalue weighted by Crippen LogP contribution is 2.32. The average Bonchev–Trinajstić information content (AvgIpc) is 3.76. The fraction of sp³-hybridized carbons (Fsp3) is 0.0526. The normalized spacial score (nSPS) is 11.3. The molecule has 0 atom stereocenters. The number of halogens is 2. The Kier molecular flexibility index (Phi) is 9.52. The minimum Gasteiger partial charge on any atom is -0.333 e. The number of aromatic nitrogens is 6. The summed E-state index contributed by atoms with van der Waals surface area (Å²) >= 11 is 14.8. The predicted molar refractivity (Wildman–Crippen MR) is 211 cm³/mol. The summed E-state index contributed by atoms with van der Waals surface area (Å²) in [5.41, 5.74) is 7.65. The number of hydrogen-bond acceptors (Lipinski definition) is 8. The van der Waals surface area contributed by atoms with Gasteiger partial charge in [0.15, 0.2) is 16.1 Å². The van der Waals surface area contributed by atoms with E-state index in [2.05, 4.69) is 30.6 Å². The molecule has 256 valence electrons. The lowest BCUT2D eigenvalue weighted by molar-refractivity contribution is -0.114. The number of carbonyl (C=O) groups is 2. The van der Waals surface area contributed by atoms with Crippen molar-refractivity contribution in [2.24, 2.45) is 0 Å². The Bertz CT molecular complexity index is 2610. The minimum absolute atomic E-state index is 0.161. The highest BCUT2D eigenvalue weighted by molar-refractivity contribution is 8.00. The summed E-state index contributed by atoms with van der Waals surface area (Å²) in [4.78, 5) is 51.0. The van der Waals surface area contributed by atoms with Crippen LogP contribution in [-0.4, -0.2) is 53.2 Å². The molecular weight excluding hydrogens is 736 g/mol. The zero-order valence-corrected chi connectivity index (χ0v) is 30.1. The Labute approximate surface area is 315 Å². The number of anilines is 2. The molecule has 0 aliphatic carbocycles. The summed E-state index contributed by atoms with van der Waals surface area (Å²) in [5, 5.41) is 9.24. The number of benzene rings is 5. The average molecular weight is 762 g/mol. The summed E-state index contributed by atoms with van der Waals surface area (Å²) in [5.74, 6) is 0.545. The van der Waals surface area contributed by atoms with E-state index in [1.807, 2.05) is 84.9 Å². The summed E-state index contributed by atoms with van der Waals surface area (Å²) < 4.78 is 0. The van der Waals surface area contributed by atoms with Crippen molar-refractivity contribution in [2.45, 2.75) is 10.3 Å². The van der Waals surface area contributed by atoms with Crippen LogP contribution in [0.15, 0.2) is 120 Å². The van der Waals surface area contributed by atoms with E-state index in [-0.39, 0.29) is 23.3 Å². The monoisotopic (exact) mass is 760 g/mol. The van der Waals surface area contributed by atoms with Crippen LogP contribution in [0.2, 0.25) is 10.0 Å². The van der Waals surface area contributed by atoms with Crippen LogP contribution in [0.1, 0.15) is 0 Å². The van der Waals surface area contributed by atoms with Crippen LogP contribution in [-0.2, 0) is 9.59 Å². The maximum atomic E-state index is 13.0. The Morgan fingerprint density at radius 3 is 1.75 bits per heavy atom. The van der Waals surface area contributed by atoms with Crippen molar-refractivity contribution in [1.29, 1.82) is 0 Å². The number of fused-ring (bicyclic) bond motifs is 3. The number of imidazole rings is 2. The second-order valence-corrected chi connectivity index (χ2v) is 14.5. The topological polar surface area (TPSA) is 141 Å². The van der Waals surface area contributed by atoms with Gasteiger partial charge in [-0.3, -0.25) is 9.59 Å². The number of carbonyl (C=O) groups excluding carboxylic acids is 2. The molecule has 8 aromatic rings. The second-order valence-electron chi connectivity index (χ2n) is 11.7. The van der Waals surface area contributed by atoms with E-state index >= 15 is 0 Å². The molecule has 52 heavy (non-hydrogen) atoms. The molecule has 2 amide bonds. The summed E-state index contributed by atoms with van der Waals surface area (Å²) in [7, 11) is 0. The van der Waals surface area contributed by atoms with Crippen molar-refractivity contribution in [3.8, 4) is 22.6 Å². The molecule has 10 nitrogen and oxygen atoms in total. The fourth-order valence-electron chi connectivity index (χ4n) is 5.57. The van der Waals surface area contributed by atoms with E-state index in [0.717, 1.165) is 49.8 Å². The van der Waals surface area contributed by atoms with Gasteiger partial charge < -0.3 is 20.6 Å². The lowest BCUT2D eigenvalue weighted by atomic mass is 10.0. The molecule has 0 bridgehead atoms. The predicted octanol–water partition coefficient (Wildman–Crippen LogP) is 9.48. The van der Waals surface area contributed by atoms with Gasteiger partial charge in [0.05, 0.1) is 44.8 Å². The minimum atomic E-state index is -0.174. The molecule has 0 aliphatic heterocycles. The fourth-order valence-corrected chi connectivity index (χ4v) is 7.28. The number of aromatic amines is 2. The second kappa shape index (κ2) is 14.7.